The molecule has 0 radical (unpaired) electrons. The van der Waals surface area contributed by atoms with Gasteiger partial charge < -0.3 is 14.7 Å². The molecule has 1 rings (SSSR count). The molecule has 0 bridgehead atoms. The van der Waals surface area contributed by atoms with E-state index >= 15 is 0 Å². The zero-order valence-electron chi connectivity index (χ0n) is 7.12. The fraction of sp³-hybridized carbons (Fsp3) is 0. The Morgan fingerprint density at radius 1 is 1.14 bits per heavy atom. The second-order valence-electron chi connectivity index (χ2n) is 2.22. The molecule has 0 saturated heterocycles. The molecule has 0 heterocycles. The molecule has 78 valence electrons. The summed E-state index contributed by atoms with van der Waals surface area (Å²) in [6, 6.07) is 9.93. The lowest BCUT2D eigenvalue weighted by Gasteiger charge is -1.86. The SMILES string of the molecule is Cl/C=C/c1ccccc1.O=P(O)(O)O. The van der Waals surface area contributed by atoms with Gasteiger partial charge in [0.25, 0.3) is 0 Å². The highest BCUT2D eigenvalue weighted by atomic mass is 35.5. The van der Waals surface area contributed by atoms with Gasteiger partial charge in [-0.3, -0.25) is 0 Å². The maximum atomic E-state index is 8.88. The van der Waals surface area contributed by atoms with Crippen LogP contribution in [0.5, 0.6) is 0 Å². The second-order valence-corrected chi connectivity index (χ2v) is 3.50. The average Bonchev–Trinajstić information content (AvgIpc) is 2.03. The van der Waals surface area contributed by atoms with E-state index in [1.165, 1.54) is 5.54 Å². The fourth-order valence-electron chi connectivity index (χ4n) is 0.637. The third kappa shape index (κ3) is 11.4. The molecule has 4 nitrogen and oxygen atoms in total. The molecule has 0 unspecified atom stereocenters. The van der Waals surface area contributed by atoms with Crippen molar-refractivity contribution in [3.8, 4) is 0 Å². The van der Waals surface area contributed by atoms with Crippen LogP contribution >= 0.6 is 19.4 Å². The molecule has 0 atom stereocenters. The van der Waals surface area contributed by atoms with Gasteiger partial charge in [0.1, 0.15) is 0 Å². The number of rotatable bonds is 1. The van der Waals surface area contributed by atoms with Crippen LogP contribution in [0.15, 0.2) is 35.9 Å². The topological polar surface area (TPSA) is 77.8 Å². The Bertz CT molecular complexity index is 311. The van der Waals surface area contributed by atoms with Crippen molar-refractivity contribution in [2.45, 2.75) is 0 Å². The van der Waals surface area contributed by atoms with E-state index in [4.69, 9.17) is 30.8 Å². The van der Waals surface area contributed by atoms with Gasteiger partial charge in [-0.05, 0) is 11.6 Å². The van der Waals surface area contributed by atoms with Gasteiger partial charge in [-0.2, -0.15) is 0 Å². The number of hydrogen-bond donors (Lipinski definition) is 3. The van der Waals surface area contributed by atoms with Crippen molar-refractivity contribution in [2.24, 2.45) is 0 Å². The third-order valence-electron chi connectivity index (χ3n) is 1.06. The van der Waals surface area contributed by atoms with Gasteiger partial charge in [-0.25, -0.2) is 4.57 Å². The van der Waals surface area contributed by atoms with Crippen LogP contribution < -0.4 is 0 Å². The third-order valence-corrected chi connectivity index (χ3v) is 1.18. The first-order valence-corrected chi connectivity index (χ1v) is 5.54. The largest absolute Gasteiger partial charge is 0.466 e. The van der Waals surface area contributed by atoms with Crippen LogP contribution in [0.25, 0.3) is 6.08 Å². The van der Waals surface area contributed by atoms with Gasteiger partial charge in [-0.15, -0.1) is 0 Å². The predicted molar refractivity (Wildman–Crippen MR) is 55.6 cm³/mol. The zero-order chi connectivity index (χ0) is 11.0. The molecular formula is C8H10ClO4P. The van der Waals surface area contributed by atoms with Crippen molar-refractivity contribution in [2.75, 3.05) is 0 Å². The minimum atomic E-state index is -4.64. The van der Waals surface area contributed by atoms with E-state index in [1.807, 2.05) is 36.4 Å². The summed E-state index contributed by atoms with van der Waals surface area (Å²) in [5.74, 6) is 0. The summed E-state index contributed by atoms with van der Waals surface area (Å²) in [7, 11) is -4.64. The summed E-state index contributed by atoms with van der Waals surface area (Å²) in [6.07, 6.45) is 1.85. The molecule has 0 fully saturated rings. The lowest BCUT2D eigenvalue weighted by Crippen LogP contribution is -1.66. The van der Waals surface area contributed by atoms with E-state index in [0.717, 1.165) is 5.56 Å². The standard InChI is InChI=1S/C8H7Cl.H3O4P/c9-7-6-8-4-2-1-3-5-8;1-5(2,3)4/h1-7H;(H3,1,2,3,4)/b7-6+;. The first kappa shape index (κ1) is 13.4. The highest BCUT2D eigenvalue weighted by Crippen LogP contribution is 2.25. The van der Waals surface area contributed by atoms with Crippen LogP contribution in [0.4, 0.5) is 0 Å². The highest BCUT2D eigenvalue weighted by Gasteiger charge is 2.00. The first-order chi connectivity index (χ1) is 6.43. The van der Waals surface area contributed by atoms with Crippen molar-refractivity contribution in [3.63, 3.8) is 0 Å². The maximum Gasteiger partial charge on any atom is 0.466 e. The van der Waals surface area contributed by atoms with Crippen LogP contribution in [0.2, 0.25) is 0 Å². The number of halogens is 1. The minimum Gasteiger partial charge on any atom is -0.303 e. The summed E-state index contributed by atoms with van der Waals surface area (Å²) >= 11 is 5.36. The van der Waals surface area contributed by atoms with Crippen molar-refractivity contribution in [3.05, 3.63) is 41.4 Å². The van der Waals surface area contributed by atoms with Crippen LogP contribution in [0, 0.1) is 0 Å². The van der Waals surface area contributed by atoms with Crippen LogP contribution in [-0.2, 0) is 4.57 Å². The first-order valence-electron chi connectivity index (χ1n) is 3.53. The summed E-state index contributed by atoms with van der Waals surface area (Å²) in [4.78, 5) is 21.6. The van der Waals surface area contributed by atoms with Crippen LogP contribution in [0.1, 0.15) is 5.56 Å². The molecule has 0 amide bonds. The van der Waals surface area contributed by atoms with E-state index in [1.54, 1.807) is 0 Å². The Hall–Kier alpha value is -0.640. The zero-order valence-corrected chi connectivity index (χ0v) is 8.77. The Morgan fingerprint density at radius 2 is 1.57 bits per heavy atom. The van der Waals surface area contributed by atoms with Crippen LogP contribution in [0.3, 0.4) is 0 Å². The van der Waals surface area contributed by atoms with E-state index in [2.05, 4.69) is 0 Å². The number of hydrogen-bond acceptors (Lipinski definition) is 1. The lowest BCUT2D eigenvalue weighted by molar-refractivity contribution is 0.275. The quantitative estimate of drug-likeness (QED) is 0.652. The lowest BCUT2D eigenvalue weighted by atomic mass is 10.2. The van der Waals surface area contributed by atoms with Gasteiger partial charge in [-0.1, -0.05) is 41.9 Å². The molecule has 14 heavy (non-hydrogen) atoms. The Kier molecular flexibility index (Phi) is 6.45. The molecule has 1 aromatic carbocycles. The molecule has 0 aliphatic carbocycles. The van der Waals surface area contributed by atoms with E-state index in [-0.39, 0.29) is 0 Å². The summed E-state index contributed by atoms with van der Waals surface area (Å²) in [5.41, 5.74) is 2.64. The Morgan fingerprint density at radius 3 is 1.93 bits per heavy atom. The van der Waals surface area contributed by atoms with Crippen molar-refractivity contribution >= 4 is 25.5 Å². The van der Waals surface area contributed by atoms with Crippen LogP contribution in [-0.4, -0.2) is 14.7 Å². The highest BCUT2D eigenvalue weighted by molar-refractivity contribution is 7.45. The maximum absolute atomic E-state index is 8.88. The monoisotopic (exact) mass is 236 g/mol. The van der Waals surface area contributed by atoms with Gasteiger partial charge >= 0.3 is 7.82 Å². The molecule has 6 heteroatoms. The summed E-state index contributed by atoms with van der Waals surface area (Å²) in [6.45, 7) is 0. The molecule has 1 aromatic rings. The minimum absolute atomic E-state index is 1.13. The van der Waals surface area contributed by atoms with Crippen molar-refractivity contribution in [1.29, 1.82) is 0 Å². The second kappa shape index (κ2) is 6.76. The average molecular weight is 237 g/mol. The normalized spacial score (nSPS) is 10.9. The van der Waals surface area contributed by atoms with E-state index in [0.29, 0.717) is 0 Å². The molecule has 3 N–H and O–H groups in total. The van der Waals surface area contributed by atoms with Gasteiger partial charge in [0.05, 0.1) is 0 Å². The molecular weight excluding hydrogens is 227 g/mol. The molecule has 0 aliphatic heterocycles. The van der Waals surface area contributed by atoms with Gasteiger partial charge in [0.2, 0.25) is 0 Å². The number of phosphoric acid groups is 1. The van der Waals surface area contributed by atoms with Gasteiger partial charge in [0.15, 0.2) is 0 Å². The molecule has 0 spiro atoms. The number of benzene rings is 1. The predicted octanol–water partition coefficient (Wildman–Crippen LogP) is 1.97. The molecule has 0 saturated carbocycles. The Balaban J connectivity index is 0.000000292. The van der Waals surface area contributed by atoms with Crippen molar-refractivity contribution in [1.82, 2.24) is 0 Å². The van der Waals surface area contributed by atoms with E-state index in [9.17, 15) is 0 Å². The molecule has 0 aliphatic rings. The smallest absolute Gasteiger partial charge is 0.303 e. The fourth-order valence-corrected chi connectivity index (χ4v) is 0.782. The van der Waals surface area contributed by atoms with E-state index < -0.39 is 7.82 Å². The van der Waals surface area contributed by atoms with Gasteiger partial charge in [0, 0.05) is 5.54 Å². The Labute approximate surface area is 86.7 Å². The molecule has 0 aromatic heterocycles. The summed E-state index contributed by atoms with van der Waals surface area (Å²) < 4.78 is 8.88. The summed E-state index contributed by atoms with van der Waals surface area (Å²) in [5, 5.41) is 0. The van der Waals surface area contributed by atoms with Crippen molar-refractivity contribution < 1.29 is 19.2 Å².